The molecular formula is C11H25O2PS2. The normalized spacial score (nSPS) is 12.7. The number of hydrogen-bond acceptors (Lipinski definition) is 4. The monoisotopic (exact) mass is 284 g/mol. The van der Waals surface area contributed by atoms with Crippen molar-refractivity contribution in [2.24, 2.45) is 11.8 Å². The Kier molecular flexibility index (Phi) is 9.44. The Hall–Kier alpha value is 0.920. The summed E-state index contributed by atoms with van der Waals surface area (Å²) in [6, 6.07) is 0. The van der Waals surface area contributed by atoms with Crippen LogP contribution in [0.1, 0.15) is 41.0 Å². The van der Waals surface area contributed by atoms with Crippen LogP contribution in [-0.2, 0) is 20.9 Å². The van der Waals surface area contributed by atoms with Gasteiger partial charge in [-0.25, -0.2) is 0 Å². The molecule has 0 spiro atoms. The van der Waals surface area contributed by atoms with Gasteiger partial charge in [0, 0.05) is 5.75 Å². The molecule has 98 valence electrons. The fraction of sp³-hybridized carbons (Fsp3) is 1.00. The third-order valence-electron chi connectivity index (χ3n) is 1.59. The molecular weight excluding hydrogens is 259 g/mol. The van der Waals surface area contributed by atoms with Gasteiger partial charge in [0.1, 0.15) is 0 Å². The van der Waals surface area contributed by atoms with E-state index < -0.39 is 5.69 Å². The van der Waals surface area contributed by atoms with Crippen LogP contribution in [0.3, 0.4) is 0 Å². The molecule has 0 saturated carbocycles. The lowest BCUT2D eigenvalue weighted by molar-refractivity contribution is 0.218. The van der Waals surface area contributed by atoms with E-state index in [-0.39, 0.29) is 0 Å². The molecule has 0 aliphatic heterocycles. The van der Waals surface area contributed by atoms with Gasteiger partial charge in [0.05, 0.1) is 13.2 Å². The molecule has 0 N–H and O–H groups in total. The van der Waals surface area contributed by atoms with Crippen molar-refractivity contribution in [2.75, 3.05) is 19.0 Å². The van der Waals surface area contributed by atoms with Gasteiger partial charge >= 0.3 is 0 Å². The summed E-state index contributed by atoms with van der Waals surface area (Å²) < 4.78 is 11.6. The lowest BCUT2D eigenvalue weighted by Gasteiger charge is -2.23. The van der Waals surface area contributed by atoms with Crippen LogP contribution in [0, 0.1) is 11.8 Å². The number of rotatable bonds is 9. The van der Waals surface area contributed by atoms with E-state index in [1.54, 1.807) is 11.4 Å². The van der Waals surface area contributed by atoms with E-state index in [1.807, 2.05) is 0 Å². The van der Waals surface area contributed by atoms with Gasteiger partial charge in [-0.1, -0.05) is 46.0 Å². The highest BCUT2D eigenvalue weighted by Gasteiger charge is 2.20. The van der Waals surface area contributed by atoms with Gasteiger partial charge in [0.15, 0.2) is 0 Å². The van der Waals surface area contributed by atoms with Gasteiger partial charge in [-0.15, -0.1) is 0 Å². The van der Waals surface area contributed by atoms with E-state index in [4.69, 9.17) is 20.9 Å². The van der Waals surface area contributed by atoms with E-state index >= 15 is 0 Å². The standard InChI is InChI=1S/C11H25O2PS2/c1-6-7-16-14(15,12-8-10(2)3)13-9-11(4)5/h10-11H,6-9H2,1-5H3. The van der Waals surface area contributed by atoms with Crippen molar-refractivity contribution >= 4 is 28.9 Å². The second-order valence-corrected chi connectivity index (χ2v) is 11.1. The Morgan fingerprint density at radius 2 is 1.50 bits per heavy atom. The molecule has 0 aromatic heterocycles. The third kappa shape index (κ3) is 9.00. The maximum atomic E-state index is 5.81. The molecule has 0 aliphatic carbocycles. The molecule has 0 rings (SSSR count). The second-order valence-electron chi connectivity index (χ2n) is 4.66. The predicted octanol–water partition coefficient (Wildman–Crippen LogP) is 4.70. The second kappa shape index (κ2) is 8.93. The van der Waals surface area contributed by atoms with Crippen LogP contribution in [0.2, 0.25) is 0 Å². The molecule has 0 atom stereocenters. The van der Waals surface area contributed by atoms with Crippen molar-refractivity contribution in [3.05, 3.63) is 0 Å². The molecule has 0 unspecified atom stereocenters. The van der Waals surface area contributed by atoms with Crippen molar-refractivity contribution in [1.82, 2.24) is 0 Å². The first-order valence-corrected chi connectivity index (χ1v) is 10.2. The van der Waals surface area contributed by atoms with E-state index in [0.717, 1.165) is 12.2 Å². The third-order valence-corrected chi connectivity index (χ3v) is 7.13. The zero-order valence-electron chi connectivity index (χ0n) is 11.1. The first-order valence-electron chi connectivity index (χ1n) is 5.93. The minimum atomic E-state index is -2.09. The van der Waals surface area contributed by atoms with Crippen LogP contribution >= 0.6 is 17.1 Å². The summed E-state index contributed by atoms with van der Waals surface area (Å²) in [4.78, 5) is 0. The highest BCUT2D eigenvalue weighted by molar-refractivity contribution is 8.67. The maximum Gasteiger partial charge on any atom is 0.247 e. The van der Waals surface area contributed by atoms with Gasteiger partial charge in [-0.2, -0.15) is 0 Å². The summed E-state index contributed by atoms with van der Waals surface area (Å²) in [7, 11) is 0. The summed E-state index contributed by atoms with van der Waals surface area (Å²) in [6.07, 6.45) is 1.11. The zero-order chi connectivity index (χ0) is 12.6. The Bertz CT molecular complexity index is 204. The highest BCUT2D eigenvalue weighted by atomic mass is 32.9. The molecule has 0 aromatic rings. The largest absolute Gasteiger partial charge is 0.321 e. The molecule has 16 heavy (non-hydrogen) atoms. The summed E-state index contributed by atoms with van der Waals surface area (Å²) in [5.74, 6) is 2.03. The molecule has 2 nitrogen and oxygen atoms in total. The smallest absolute Gasteiger partial charge is 0.247 e. The molecule has 0 bridgehead atoms. The van der Waals surface area contributed by atoms with E-state index in [0.29, 0.717) is 25.0 Å². The quantitative estimate of drug-likeness (QED) is 0.571. The van der Waals surface area contributed by atoms with Crippen molar-refractivity contribution in [3.8, 4) is 0 Å². The summed E-state index contributed by atoms with van der Waals surface area (Å²) in [5.41, 5.74) is -2.09. The lowest BCUT2D eigenvalue weighted by Crippen LogP contribution is -2.04. The fourth-order valence-corrected chi connectivity index (χ4v) is 5.45. The highest BCUT2D eigenvalue weighted by Crippen LogP contribution is 2.61. The Balaban J connectivity index is 4.18. The van der Waals surface area contributed by atoms with Crippen molar-refractivity contribution in [2.45, 2.75) is 41.0 Å². The van der Waals surface area contributed by atoms with Gasteiger partial charge in [-0.05, 0) is 30.1 Å². The molecule has 0 aromatic carbocycles. The Morgan fingerprint density at radius 3 is 1.81 bits per heavy atom. The summed E-state index contributed by atoms with van der Waals surface area (Å²) >= 11 is 7.22. The minimum absolute atomic E-state index is 0.507. The van der Waals surface area contributed by atoms with Crippen LogP contribution in [0.25, 0.3) is 0 Å². The average molecular weight is 284 g/mol. The molecule has 0 aliphatic rings. The first-order chi connectivity index (χ1) is 7.39. The molecule has 0 saturated heterocycles. The SMILES string of the molecule is CCCSP(=S)(OCC(C)C)OCC(C)C. The van der Waals surface area contributed by atoms with Gasteiger partial charge in [0.25, 0.3) is 0 Å². The van der Waals surface area contributed by atoms with E-state index in [1.165, 1.54) is 0 Å². The Morgan fingerprint density at radius 1 is 1.06 bits per heavy atom. The van der Waals surface area contributed by atoms with E-state index in [9.17, 15) is 0 Å². The average Bonchev–Trinajstić information content (AvgIpc) is 2.21. The zero-order valence-corrected chi connectivity index (χ0v) is 13.6. The van der Waals surface area contributed by atoms with Gasteiger partial charge in [-0.3, -0.25) is 0 Å². The van der Waals surface area contributed by atoms with Crippen molar-refractivity contribution in [3.63, 3.8) is 0 Å². The number of hydrogen-bond donors (Lipinski definition) is 0. The molecule has 0 amide bonds. The van der Waals surface area contributed by atoms with Crippen molar-refractivity contribution in [1.29, 1.82) is 0 Å². The lowest BCUT2D eigenvalue weighted by atomic mass is 10.2. The topological polar surface area (TPSA) is 18.5 Å². The van der Waals surface area contributed by atoms with Crippen LogP contribution in [0.15, 0.2) is 0 Å². The molecule has 0 radical (unpaired) electrons. The Labute approximate surface area is 110 Å². The summed E-state index contributed by atoms with van der Waals surface area (Å²) in [6.45, 7) is 12.1. The van der Waals surface area contributed by atoms with Crippen LogP contribution in [0.5, 0.6) is 0 Å². The summed E-state index contributed by atoms with van der Waals surface area (Å²) in [5, 5.41) is 0. The molecule has 5 heteroatoms. The maximum absolute atomic E-state index is 5.81. The van der Waals surface area contributed by atoms with Gasteiger partial charge < -0.3 is 9.05 Å². The fourth-order valence-electron chi connectivity index (χ4n) is 0.796. The van der Waals surface area contributed by atoms with Gasteiger partial charge in [0.2, 0.25) is 5.69 Å². The van der Waals surface area contributed by atoms with Crippen LogP contribution in [-0.4, -0.2) is 19.0 Å². The minimum Gasteiger partial charge on any atom is -0.321 e. The molecule has 0 fully saturated rings. The molecule has 0 heterocycles. The predicted molar refractivity (Wildman–Crippen MR) is 78.6 cm³/mol. The van der Waals surface area contributed by atoms with Crippen LogP contribution < -0.4 is 0 Å². The first kappa shape index (κ1) is 16.9. The van der Waals surface area contributed by atoms with Crippen LogP contribution in [0.4, 0.5) is 0 Å². The van der Waals surface area contributed by atoms with Crippen molar-refractivity contribution < 1.29 is 9.05 Å². The van der Waals surface area contributed by atoms with E-state index in [2.05, 4.69) is 34.6 Å².